The van der Waals surface area contributed by atoms with Gasteiger partial charge >= 0.3 is 12.0 Å². The Morgan fingerprint density at radius 3 is 2.85 bits per heavy atom. The second-order valence-corrected chi connectivity index (χ2v) is 5.10. The Labute approximate surface area is 117 Å². The van der Waals surface area contributed by atoms with Gasteiger partial charge < -0.3 is 21.1 Å². The monoisotopic (exact) mass is 277 g/mol. The Kier molecular flexibility index (Phi) is 4.24. The molecule has 6 nitrogen and oxygen atoms in total. The number of aromatic carboxylic acids is 1. The number of nitrogens with two attached hydrogens (primary N) is 1. The molecular formula is C14H19N3O3. The third kappa shape index (κ3) is 3.08. The third-order valence-corrected chi connectivity index (χ3v) is 3.63. The molecule has 1 aliphatic heterocycles. The molecule has 0 radical (unpaired) electrons. The van der Waals surface area contributed by atoms with Crippen molar-refractivity contribution in [3.05, 3.63) is 29.3 Å². The number of hydrogen-bond acceptors (Lipinski definition) is 3. The van der Waals surface area contributed by atoms with Crippen LogP contribution in [0.25, 0.3) is 0 Å². The van der Waals surface area contributed by atoms with Gasteiger partial charge in [0, 0.05) is 18.8 Å². The van der Waals surface area contributed by atoms with Crippen LogP contribution in [-0.2, 0) is 0 Å². The zero-order chi connectivity index (χ0) is 14.7. The number of carboxylic acids is 1. The highest BCUT2D eigenvalue weighted by Crippen LogP contribution is 2.19. The molecule has 1 saturated heterocycles. The minimum absolute atomic E-state index is 0.198. The van der Waals surface area contributed by atoms with Gasteiger partial charge in [0.05, 0.1) is 5.56 Å². The van der Waals surface area contributed by atoms with Gasteiger partial charge in [0.1, 0.15) is 0 Å². The first-order chi connectivity index (χ1) is 9.51. The van der Waals surface area contributed by atoms with Crippen LogP contribution in [0, 0.1) is 12.8 Å². The summed E-state index contributed by atoms with van der Waals surface area (Å²) < 4.78 is 0. The number of likely N-dealkylation sites (tertiary alicyclic amines) is 1. The standard InChI is InChI=1S/C14H19N3O3/c1-9-2-3-11(6-12(9)13(18)19)16-14(20)17-5-4-10(7-15)8-17/h2-3,6,10H,4-5,7-8,15H2,1H3,(H,16,20)(H,18,19). The highest BCUT2D eigenvalue weighted by Gasteiger charge is 2.25. The molecule has 1 unspecified atom stereocenters. The molecule has 4 N–H and O–H groups in total. The van der Waals surface area contributed by atoms with Gasteiger partial charge in [-0.3, -0.25) is 0 Å². The highest BCUT2D eigenvalue weighted by atomic mass is 16.4. The average molecular weight is 277 g/mol. The Morgan fingerprint density at radius 2 is 2.25 bits per heavy atom. The number of aryl methyl sites for hydroxylation is 1. The zero-order valence-electron chi connectivity index (χ0n) is 11.4. The van der Waals surface area contributed by atoms with Gasteiger partial charge in [-0.2, -0.15) is 0 Å². The van der Waals surface area contributed by atoms with Crippen molar-refractivity contribution in [1.82, 2.24) is 4.90 Å². The maximum Gasteiger partial charge on any atom is 0.336 e. The lowest BCUT2D eigenvalue weighted by atomic mass is 10.1. The van der Waals surface area contributed by atoms with Gasteiger partial charge in [0.2, 0.25) is 0 Å². The van der Waals surface area contributed by atoms with Crippen LogP contribution in [0.1, 0.15) is 22.3 Å². The number of anilines is 1. The Balaban J connectivity index is 2.05. The number of nitrogens with zero attached hydrogens (tertiary/aromatic N) is 1. The molecule has 0 aliphatic carbocycles. The molecule has 0 aromatic heterocycles. The van der Waals surface area contributed by atoms with Crippen LogP contribution in [0.15, 0.2) is 18.2 Å². The quantitative estimate of drug-likeness (QED) is 0.780. The fourth-order valence-corrected chi connectivity index (χ4v) is 2.34. The molecule has 1 fully saturated rings. The molecule has 2 rings (SSSR count). The van der Waals surface area contributed by atoms with Crippen molar-refractivity contribution >= 4 is 17.7 Å². The van der Waals surface area contributed by atoms with Crippen LogP contribution in [0.5, 0.6) is 0 Å². The predicted octanol–water partition coefficient (Wildman–Crippen LogP) is 1.51. The second kappa shape index (κ2) is 5.92. The molecule has 1 atom stereocenters. The summed E-state index contributed by atoms with van der Waals surface area (Å²) in [5.74, 6) is -0.642. The van der Waals surface area contributed by atoms with Gasteiger partial charge in [0.25, 0.3) is 0 Å². The van der Waals surface area contributed by atoms with E-state index in [1.807, 2.05) is 0 Å². The number of amides is 2. The van der Waals surface area contributed by atoms with E-state index in [0.717, 1.165) is 6.42 Å². The van der Waals surface area contributed by atoms with Crippen molar-refractivity contribution in [1.29, 1.82) is 0 Å². The van der Waals surface area contributed by atoms with Crippen LogP contribution in [0.3, 0.4) is 0 Å². The maximum atomic E-state index is 12.1. The lowest BCUT2D eigenvalue weighted by Crippen LogP contribution is -2.33. The number of urea groups is 1. The molecule has 1 aliphatic rings. The van der Waals surface area contributed by atoms with Crippen LogP contribution < -0.4 is 11.1 Å². The van der Waals surface area contributed by atoms with Crippen molar-refractivity contribution in [2.75, 3.05) is 25.0 Å². The minimum Gasteiger partial charge on any atom is -0.478 e. The number of nitrogens with one attached hydrogen (secondary N) is 1. The van der Waals surface area contributed by atoms with Gasteiger partial charge in [-0.15, -0.1) is 0 Å². The Morgan fingerprint density at radius 1 is 1.50 bits per heavy atom. The number of carbonyl (C=O) groups excluding carboxylic acids is 1. The fraction of sp³-hybridized carbons (Fsp3) is 0.429. The summed E-state index contributed by atoms with van der Waals surface area (Å²) >= 11 is 0. The molecule has 0 bridgehead atoms. The van der Waals surface area contributed by atoms with Crippen molar-refractivity contribution < 1.29 is 14.7 Å². The van der Waals surface area contributed by atoms with Crippen molar-refractivity contribution in [2.24, 2.45) is 11.7 Å². The summed E-state index contributed by atoms with van der Waals surface area (Å²) in [5, 5.41) is 11.8. The number of carboxylic acid groups (broad SMARTS) is 1. The average Bonchev–Trinajstić information content (AvgIpc) is 2.89. The molecule has 2 amide bonds. The summed E-state index contributed by atoms with van der Waals surface area (Å²) in [6.07, 6.45) is 0.915. The van der Waals surface area contributed by atoms with Crippen molar-refractivity contribution in [2.45, 2.75) is 13.3 Å². The smallest absolute Gasteiger partial charge is 0.336 e. The summed E-state index contributed by atoms with van der Waals surface area (Å²) in [6.45, 7) is 3.64. The molecule has 6 heteroatoms. The molecule has 0 saturated carbocycles. The minimum atomic E-state index is -0.997. The lowest BCUT2D eigenvalue weighted by Gasteiger charge is -2.17. The zero-order valence-corrected chi connectivity index (χ0v) is 11.4. The maximum absolute atomic E-state index is 12.1. The third-order valence-electron chi connectivity index (χ3n) is 3.63. The molecule has 0 spiro atoms. The number of benzene rings is 1. The molecule has 1 aromatic rings. The first-order valence-corrected chi connectivity index (χ1v) is 6.61. The molecular weight excluding hydrogens is 258 g/mol. The predicted molar refractivity (Wildman–Crippen MR) is 75.9 cm³/mol. The molecule has 108 valence electrons. The molecule has 20 heavy (non-hydrogen) atoms. The van der Waals surface area contributed by atoms with E-state index in [-0.39, 0.29) is 11.6 Å². The second-order valence-electron chi connectivity index (χ2n) is 5.10. The summed E-state index contributed by atoms with van der Waals surface area (Å²) in [6, 6.07) is 4.66. The highest BCUT2D eigenvalue weighted by molar-refractivity contribution is 5.94. The summed E-state index contributed by atoms with van der Waals surface area (Å²) in [4.78, 5) is 24.8. The normalized spacial score (nSPS) is 18.1. The molecule has 1 heterocycles. The van der Waals surface area contributed by atoms with E-state index in [1.165, 1.54) is 6.07 Å². The van der Waals surface area contributed by atoms with E-state index in [9.17, 15) is 9.59 Å². The van der Waals surface area contributed by atoms with Gasteiger partial charge in [-0.1, -0.05) is 6.07 Å². The van der Waals surface area contributed by atoms with E-state index >= 15 is 0 Å². The number of rotatable bonds is 3. The number of hydrogen-bond donors (Lipinski definition) is 3. The largest absolute Gasteiger partial charge is 0.478 e. The van der Waals surface area contributed by atoms with Crippen LogP contribution in [-0.4, -0.2) is 41.6 Å². The summed E-state index contributed by atoms with van der Waals surface area (Å²) in [7, 11) is 0. The van der Waals surface area contributed by atoms with E-state index in [0.29, 0.717) is 36.8 Å². The van der Waals surface area contributed by atoms with Gasteiger partial charge in [-0.05, 0) is 43.5 Å². The van der Waals surface area contributed by atoms with Gasteiger partial charge in [0.15, 0.2) is 0 Å². The van der Waals surface area contributed by atoms with E-state index in [4.69, 9.17) is 10.8 Å². The van der Waals surface area contributed by atoms with E-state index < -0.39 is 5.97 Å². The Bertz CT molecular complexity index is 530. The van der Waals surface area contributed by atoms with Crippen molar-refractivity contribution in [3.63, 3.8) is 0 Å². The van der Waals surface area contributed by atoms with Crippen LogP contribution in [0.2, 0.25) is 0 Å². The lowest BCUT2D eigenvalue weighted by molar-refractivity contribution is 0.0696. The first-order valence-electron chi connectivity index (χ1n) is 6.61. The van der Waals surface area contributed by atoms with Crippen LogP contribution in [0.4, 0.5) is 10.5 Å². The first kappa shape index (κ1) is 14.3. The Hall–Kier alpha value is -2.08. The van der Waals surface area contributed by atoms with E-state index in [2.05, 4.69) is 5.32 Å². The van der Waals surface area contributed by atoms with Crippen molar-refractivity contribution in [3.8, 4) is 0 Å². The van der Waals surface area contributed by atoms with Gasteiger partial charge in [-0.25, -0.2) is 9.59 Å². The molecule has 1 aromatic carbocycles. The SMILES string of the molecule is Cc1ccc(NC(=O)N2CCC(CN)C2)cc1C(=O)O. The summed E-state index contributed by atoms with van der Waals surface area (Å²) in [5.41, 5.74) is 6.95. The topological polar surface area (TPSA) is 95.7 Å². The number of carbonyl (C=O) groups is 2. The fourth-order valence-electron chi connectivity index (χ4n) is 2.34. The van der Waals surface area contributed by atoms with Crippen LogP contribution >= 0.6 is 0 Å². The van der Waals surface area contributed by atoms with E-state index in [1.54, 1.807) is 24.0 Å².